The molecule has 0 aliphatic carbocycles. The number of rotatable bonds is 7. The molecule has 144 valence electrons. The van der Waals surface area contributed by atoms with E-state index in [0.29, 0.717) is 23.8 Å². The fourth-order valence-corrected chi connectivity index (χ4v) is 3.39. The first kappa shape index (κ1) is 20.7. The fraction of sp³-hybridized carbons (Fsp3) is 0.579. The van der Waals surface area contributed by atoms with E-state index in [1.54, 1.807) is 4.90 Å². The maximum absolute atomic E-state index is 12.3. The zero-order valence-corrected chi connectivity index (χ0v) is 16.6. The Kier molecular flexibility index (Phi) is 7.87. The lowest BCUT2D eigenvalue weighted by Gasteiger charge is -2.29. The van der Waals surface area contributed by atoms with Crippen LogP contribution in [0.15, 0.2) is 12.1 Å². The number of ether oxygens (including phenoxy) is 1. The first-order valence-corrected chi connectivity index (χ1v) is 9.37. The zero-order valence-electron chi connectivity index (χ0n) is 15.8. The molecule has 0 bridgehead atoms. The highest BCUT2D eigenvalue weighted by Gasteiger charge is 2.16. The molecular weight excluding hydrogens is 354 g/mol. The standard InChI is InChI=1S/C19H28ClN3O3/c1-14-12-15(2)19(17(20)13-14)21-18(25)4-5-23(16(3)24)7-6-22-8-10-26-11-9-22/h12-13H,4-11H2,1-3H3,(H,21,25). The zero-order chi connectivity index (χ0) is 19.1. The van der Waals surface area contributed by atoms with E-state index in [9.17, 15) is 9.59 Å². The summed E-state index contributed by atoms with van der Waals surface area (Å²) in [6.45, 7) is 10.5. The lowest BCUT2D eigenvalue weighted by atomic mass is 10.1. The molecule has 0 saturated carbocycles. The molecule has 1 aromatic carbocycles. The number of amides is 2. The average Bonchev–Trinajstić information content (AvgIpc) is 2.58. The molecule has 0 spiro atoms. The van der Waals surface area contributed by atoms with E-state index in [2.05, 4.69) is 10.2 Å². The molecule has 0 aromatic heterocycles. The largest absolute Gasteiger partial charge is 0.379 e. The number of carbonyl (C=O) groups is 2. The van der Waals surface area contributed by atoms with E-state index in [-0.39, 0.29) is 18.2 Å². The van der Waals surface area contributed by atoms with Gasteiger partial charge in [-0.1, -0.05) is 17.7 Å². The molecule has 1 fully saturated rings. The van der Waals surface area contributed by atoms with Gasteiger partial charge in [0.2, 0.25) is 11.8 Å². The molecule has 1 aliphatic rings. The van der Waals surface area contributed by atoms with Crippen molar-refractivity contribution in [3.05, 3.63) is 28.3 Å². The highest BCUT2D eigenvalue weighted by atomic mass is 35.5. The smallest absolute Gasteiger partial charge is 0.226 e. The number of nitrogens with zero attached hydrogens (tertiary/aromatic N) is 2. The molecule has 2 rings (SSSR count). The van der Waals surface area contributed by atoms with Crippen molar-refractivity contribution in [3.63, 3.8) is 0 Å². The number of carbonyl (C=O) groups excluding carboxylic acids is 2. The van der Waals surface area contributed by atoms with Crippen molar-refractivity contribution >= 4 is 29.1 Å². The van der Waals surface area contributed by atoms with Crippen LogP contribution in [0.5, 0.6) is 0 Å². The number of hydrogen-bond donors (Lipinski definition) is 1. The fourth-order valence-electron chi connectivity index (χ4n) is 3.03. The summed E-state index contributed by atoms with van der Waals surface area (Å²) in [5, 5.41) is 3.40. The Bertz CT molecular complexity index is 622. The molecule has 1 saturated heterocycles. The number of aryl methyl sites for hydroxylation is 2. The van der Waals surface area contributed by atoms with Crippen LogP contribution in [0.4, 0.5) is 5.69 Å². The highest BCUT2D eigenvalue weighted by molar-refractivity contribution is 6.34. The molecule has 1 aromatic rings. The monoisotopic (exact) mass is 381 g/mol. The third-order valence-corrected chi connectivity index (χ3v) is 4.84. The van der Waals surface area contributed by atoms with Gasteiger partial charge in [0.15, 0.2) is 0 Å². The summed E-state index contributed by atoms with van der Waals surface area (Å²) in [7, 11) is 0. The van der Waals surface area contributed by atoms with Gasteiger partial charge in [-0.25, -0.2) is 0 Å². The number of benzene rings is 1. The second-order valence-corrected chi connectivity index (χ2v) is 7.10. The Balaban J connectivity index is 1.84. The van der Waals surface area contributed by atoms with Crippen LogP contribution in [0.1, 0.15) is 24.5 Å². The van der Waals surface area contributed by atoms with Crippen LogP contribution in [-0.4, -0.2) is 67.6 Å². The third-order valence-electron chi connectivity index (χ3n) is 4.54. The van der Waals surface area contributed by atoms with Crippen LogP contribution in [-0.2, 0) is 14.3 Å². The molecule has 0 unspecified atom stereocenters. The summed E-state index contributed by atoms with van der Waals surface area (Å²) in [6, 6.07) is 3.81. The summed E-state index contributed by atoms with van der Waals surface area (Å²) in [5.41, 5.74) is 2.63. The van der Waals surface area contributed by atoms with Gasteiger partial charge in [-0.3, -0.25) is 14.5 Å². The molecule has 26 heavy (non-hydrogen) atoms. The SMILES string of the molecule is CC(=O)N(CCC(=O)Nc1c(C)cc(C)cc1Cl)CCN1CCOCC1. The molecule has 0 radical (unpaired) electrons. The minimum atomic E-state index is -0.142. The van der Waals surface area contributed by atoms with Crippen molar-refractivity contribution in [1.29, 1.82) is 0 Å². The van der Waals surface area contributed by atoms with E-state index in [1.807, 2.05) is 26.0 Å². The summed E-state index contributed by atoms with van der Waals surface area (Å²) < 4.78 is 5.33. The third kappa shape index (κ3) is 6.27. The van der Waals surface area contributed by atoms with Crippen molar-refractivity contribution in [1.82, 2.24) is 9.80 Å². The summed E-state index contributed by atoms with van der Waals surface area (Å²) >= 11 is 6.23. The Morgan fingerprint density at radius 1 is 1.23 bits per heavy atom. The average molecular weight is 382 g/mol. The van der Waals surface area contributed by atoms with E-state index < -0.39 is 0 Å². The maximum Gasteiger partial charge on any atom is 0.226 e. The van der Waals surface area contributed by atoms with Crippen molar-refractivity contribution in [2.24, 2.45) is 0 Å². The summed E-state index contributed by atoms with van der Waals surface area (Å²) in [5.74, 6) is -0.160. The van der Waals surface area contributed by atoms with E-state index in [1.165, 1.54) is 6.92 Å². The second-order valence-electron chi connectivity index (χ2n) is 6.70. The number of anilines is 1. The molecule has 2 amide bonds. The van der Waals surface area contributed by atoms with Crippen molar-refractivity contribution in [2.75, 3.05) is 51.3 Å². The van der Waals surface area contributed by atoms with Gasteiger partial charge in [0, 0.05) is 46.1 Å². The normalized spacial score (nSPS) is 14.9. The van der Waals surface area contributed by atoms with Crippen LogP contribution in [0.3, 0.4) is 0 Å². The lowest BCUT2D eigenvalue weighted by molar-refractivity contribution is -0.129. The highest BCUT2D eigenvalue weighted by Crippen LogP contribution is 2.27. The number of morpholine rings is 1. The van der Waals surface area contributed by atoms with Crippen LogP contribution in [0.25, 0.3) is 0 Å². The van der Waals surface area contributed by atoms with Gasteiger partial charge < -0.3 is 15.0 Å². The number of nitrogens with one attached hydrogen (secondary N) is 1. The van der Waals surface area contributed by atoms with E-state index in [4.69, 9.17) is 16.3 Å². The topological polar surface area (TPSA) is 61.9 Å². The Labute approximate surface area is 160 Å². The van der Waals surface area contributed by atoms with E-state index >= 15 is 0 Å². The molecule has 1 aliphatic heterocycles. The molecular formula is C19H28ClN3O3. The van der Waals surface area contributed by atoms with Crippen LogP contribution in [0, 0.1) is 13.8 Å². The van der Waals surface area contributed by atoms with Gasteiger partial charge in [0.1, 0.15) is 0 Å². The van der Waals surface area contributed by atoms with Gasteiger partial charge in [0.05, 0.1) is 23.9 Å². The molecule has 7 heteroatoms. The first-order chi connectivity index (χ1) is 12.4. The Morgan fingerprint density at radius 2 is 1.92 bits per heavy atom. The van der Waals surface area contributed by atoms with Crippen LogP contribution in [0.2, 0.25) is 5.02 Å². The predicted molar refractivity (Wildman–Crippen MR) is 104 cm³/mol. The predicted octanol–water partition coefficient (Wildman–Crippen LogP) is 2.47. The number of halogens is 1. The second kappa shape index (κ2) is 9.90. The minimum Gasteiger partial charge on any atom is -0.379 e. The van der Waals surface area contributed by atoms with Gasteiger partial charge in [-0.15, -0.1) is 0 Å². The lowest BCUT2D eigenvalue weighted by Crippen LogP contribution is -2.43. The molecule has 1 heterocycles. The maximum atomic E-state index is 12.3. The Morgan fingerprint density at radius 3 is 2.54 bits per heavy atom. The molecule has 1 N–H and O–H groups in total. The summed E-state index contributed by atoms with van der Waals surface area (Å²) in [6.07, 6.45) is 0.242. The van der Waals surface area contributed by atoms with E-state index in [0.717, 1.165) is 44.0 Å². The van der Waals surface area contributed by atoms with Gasteiger partial charge in [-0.2, -0.15) is 0 Å². The van der Waals surface area contributed by atoms with Gasteiger partial charge in [-0.05, 0) is 31.0 Å². The molecule has 6 nitrogen and oxygen atoms in total. The van der Waals surface area contributed by atoms with Crippen molar-refractivity contribution in [3.8, 4) is 0 Å². The summed E-state index contributed by atoms with van der Waals surface area (Å²) in [4.78, 5) is 28.2. The van der Waals surface area contributed by atoms with Crippen molar-refractivity contribution < 1.29 is 14.3 Å². The van der Waals surface area contributed by atoms with Gasteiger partial charge in [0.25, 0.3) is 0 Å². The quantitative estimate of drug-likeness (QED) is 0.788. The molecule has 0 atom stereocenters. The first-order valence-electron chi connectivity index (χ1n) is 8.99. The van der Waals surface area contributed by atoms with Crippen LogP contribution >= 0.6 is 11.6 Å². The Hall–Kier alpha value is -1.63. The van der Waals surface area contributed by atoms with Gasteiger partial charge >= 0.3 is 0 Å². The minimum absolute atomic E-state index is 0.0180. The van der Waals surface area contributed by atoms with Crippen molar-refractivity contribution in [2.45, 2.75) is 27.2 Å². The van der Waals surface area contributed by atoms with Crippen LogP contribution < -0.4 is 5.32 Å². The number of hydrogen-bond acceptors (Lipinski definition) is 4.